The van der Waals surface area contributed by atoms with Crippen LogP contribution in [0.3, 0.4) is 0 Å². The Morgan fingerprint density at radius 1 is 1.42 bits per heavy atom. The number of aromatic nitrogens is 1. The molecule has 0 bridgehead atoms. The lowest BCUT2D eigenvalue weighted by Crippen LogP contribution is -2.42. The van der Waals surface area contributed by atoms with Gasteiger partial charge in [0.25, 0.3) is 0 Å². The van der Waals surface area contributed by atoms with Crippen LogP contribution in [0.5, 0.6) is 0 Å². The smallest absolute Gasteiger partial charge is 0.124 e. The van der Waals surface area contributed by atoms with E-state index in [2.05, 4.69) is 32.7 Å². The number of nitrogens with zero attached hydrogens (tertiary/aromatic N) is 1. The SMILES string of the molecule is Brc1ccccc1-c1nc(CC2COCCN2)cs1. The lowest BCUT2D eigenvalue weighted by Gasteiger charge is -2.22. The van der Waals surface area contributed by atoms with Gasteiger partial charge in [0.2, 0.25) is 0 Å². The van der Waals surface area contributed by atoms with Gasteiger partial charge < -0.3 is 10.1 Å². The molecule has 1 aromatic heterocycles. The summed E-state index contributed by atoms with van der Waals surface area (Å²) in [5, 5.41) is 6.67. The van der Waals surface area contributed by atoms with Crippen LogP contribution in [-0.4, -0.2) is 30.8 Å². The topological polar surface area (TPSA) is 34.1 Å². The van der Waals surface area contributed by atoms with Crippen molar-refractivity contribution in [2.45, 2.75) is 12.5 Å². The highest BCUT2D eigenvalue weighted by atomic mass is 79.9. The molecular weight excluding hydrogens is 324 g/mol. The molecule has 1 fully saturated rings. The van der Waals surface area contributed by atoms with E-state index in [9.17, 15) is 0 Å². The third kappa shape index (κ3) is 3.23. The number of morpholine rings is 1. The molecule has 3 rings (SSSR count). The normalized spacial score (nSPS) is 19.5. The van der Waals surface area contributed by atoms with Gasteiger partial charge in [-0.15, -0.1) is 11.3 Å². The van der Waals surface area contributed by atoms with Crippen LogP contribution in [-0.2, 0) is 11.2 Å². The van der Waals surface area contributed by atoms with Gasteiger partial charge in [-0.1, -0.05) is 34.1 Å². The molecule has 0 spiro atoms. The Hall–Kier alpha value is -0.750. The Balaban J connectivity index is 1.74. The molecule has 0 radical (unpaired) electrons. The fourth-order valence-electron chi connectivity index (χ4n) is 2.16. The molecular formula is C14H15BrN2OS. The molecule has 19 heavy (non-hydrogen) atoms. The Labute approximate surface area is 125 Å². The molecule has 1 atom stereocenters. The number of rotatable bonds is 3. The van der Waals surface area contributed by atoms with Gasteiger partial charge in [0.15, 0.2) is 0 Å². The molecule has 5 heteroatoms. The van der Waals surface area contributed by atoms with Crippen LogP contribution < -0.4 is 5.32 Å². The molecule has 1 saturated heterocycles. The molecule has 0 saturated carbocycles. The first kappa shape index (κ1) is 13.2. The number of ether oxygens (including phenoxy) is 1. The number of hydrogen-bond acceptors (Lipinski definition) is 4. The number of thiazole rings is 1. The zero-order valence-electron chi connectivity index (χ0n) is 10.4. The predicted octanol–water partition coefficient (Wildman–Crippen LogP) is 3.10. The van der Waals surface area contributed by atoms with Crippen molar-refractivity contribution in [3.05, 3.63) is 39.8 Å². The van der Waals surface area contributed by atoms with Crippen LogP contribution in [0.15, 0.2) is 34.1 Å². The first-order valence-corrected chi connectivity index (χ1v) is 8.00. The molecule has 2 aromatic rings. The third-order valence-electron chi connectivity index (χ3n) is 3.11. The van der Waals surface area contributed by atoms with Gasteiger partial charge in [0.1, 0.15) is 5.01 Å². The third-order valence-corrected chi connectivity index (χ3v) is 4.73. The van der Waals surface area contributed by atoms with Gasteiger partial charge in [-0.05, 0) is 6.07 Å². The number of hydrogen-bond donors (Lipinski definition) is 1. The first-order valence-electron chi connectivity index (χ1n) is 6.33. The van der Waals surface area contributed by atoms with E-state index in [1.54, 1.807) is 11.3 Å². The molecule has 1 N–H and O–H groups in total. The van der Waals surface area contributed by atoms with Gasteiger partial charge in [-0.3, -0.25) is 0 Å². The highest BCUT2D eigenvalue weighted by Gasteiger charge is 2.15. The molecule has 1 aromatic carbocycles. The second-order valence-corrected chi connectivity index (χ2v) is 6.27. The summed E-state index contributed by atoms with van der Waals surface area (Å²) in [6, 6.07) is 8.59. The molecule has 1 unspecified atom stereocenters. The molecule has 1 aliphatic heterocycles. The van der Waals surface area contributed by atoms with E-state index in [1.165, 1.54) is 0 Å². The van der Waals surface area contributed by atoms with Crippen LogP contribution in [0.25, 0.3) is 10.6 Å². The Morgan fingerprint density at radius 3 is 3.11 bits per heavy atom. The van der Waals surface area contributed by atoms with Crippen molar-refractivity contribution in [3.63, 3.8) is 0 Å². The Kier molecular flexibility index (Phi) is 4.28. The van der Waals surface area contributed by atoms with E-state index >= 15 is 0 Å². The lowest BCUT2D eigenvalue weighted by molar-refractivity contribution is 0.0767. The predicted molar refractivity (Wildman–Crippen MR) is 81.6 cm³/mol. The molecule has 0 amide bonds. The van der Waals surface area contributed by atoms with Crippen LogP contribution in [0.1, 0.15) is 5.69 Å². The Bertz CT molecular complexity index is 552. The van der Waals surface area contributed by atoms with Crippen molar-refractivity contribution < 1.29 is 4.74 Å². The molecule has 100 valence electrons. The van der Waals surface area contributed by atoms with E-state index in [0.717, 1.165) is 46.9 Å². The van der Waals surface area contributed by atoms with Crippen molar-refractivity contribution >= 4 is 27.3 Å². The molecule has 2 heterocycles. The summed E-state index contributed by atoms with van der Waals surface area (Å²) >= 11 is 5.27. The number of halogens is 1. The second-order valence-electron chi connectivity index (χ2n) is 4.55. The van der Waals surface area contributed by atoms with Crippen molar-refractivity contribution in [2.24, 2.45) is 0 Å². The molecule has 1 aliphatic rings. The zero-order valence-corrected chi connectivity index (χ0v) is 12.8. The van der Waals surface area contributed by atoms with Crippen molar-refractivity contribution in [3.8, 4) is 10.6 Å². The van der Waals surface area contributed by atoms with E-state index in [0.29, 0.717) is 6.04 Å². The van der Waals surface area contributed by atoms with Crippen molar-refractivity contribution in [2.75, 3.05) is 19.8 Å². The van der Waals surface area contributed by atoms with Gasteiger partial charge in [-0.2, -0.15) is 0 Å². The van der Waals surface area contributed by atoms with Crippen LogP contribution in [0.4, 0.5) is 0 Å². The van der Waals surface area contributed by atoms with Crippen LogP contribution >= 0.6 is 27.3 Å². The minimum absolute atomic E-state index is 0.392. The summed E-state index contributed by atoms with van der Waals surface area (Å²) in [7, 11) is 0. The summed E-state index contributed by atoms with van der Waals surface area (Å²) in [6.45, 7) is 2.53. The summed E-state index contributed by atoms with van der Waals surface area (Å²) in [5.41, 5.74) is 2.30. The van der Waals surface area contributed by atoms with E-state index < -0.39 is 0 Å². The quantitative estimate of drug-likeness (QED) is 0.933. The molecule has 0 aliphatic carbocycles. The lowest BCUT2D eigenvalue weighted by atomic mass is 10.1. The average molecular weight is 339 g/mol. The zero-order chi connectivity index (χ0) is 13.1. The van der Waals surface area contributed by atoms with Crippen LogP contribution in [0.2, 0.25) is 0 Å². The van der Waals surface area contributed by atoms with Gasteiger partial charge in [0.05, 0.1) is 18.9 Å². The van der Waals surface area contributed by atoms with Crippen molar-refractivity contribution in [1.29, 1.82) is 0 Å². The van der Waals surface area contributed by atoms with Crippen molar-refractivity contribution in [1.82, 2.24) is 10.3 Å². The minimum atomic E-state index is 0.392. The van der Waals surface area contributed by atoms with Gasteiger partial charge >= 0.3 is 0 Å². The highest BCUT2D eigenvalue weighted by Crippen LogP contribution is 2.30. The monoisotopic (exact) mass is 338 g/mol. The van der Waals surface area contributed by atoms with E-state index in [-0.39, 0.29) is 0 Å². The number of benzene rings is 1. The minimum Gasteiger partial charge on any atom is -0.379 e. The average Bonchev–Trinajstić information content (AvgIpc) is 2.89. The fraction of sp³-hybridized carbons (Fsp3) is 0.357. The van der Waals surface area contributed by atoms with E-state index in [4.69, 9.17) is 9.72 Å². The Morgan fingerprint density at radius 2 is 2.32 bits per heavy atom. The van der Waals surface area contributed by atoms with Crippen LogP contribution in [0, 0.1) is 0 Å². The van der Waals surface area contributed by atoms with Gasteiger partial charge in [0, 0.05) is 34.4 Å². The summed E-state index contributed by atoms with van der Waals surface area (Å²) < 4.78 is 6.56. The maximum atomic E-state index is 5.47. The largest absolute Gasteiger partial charge is 0.379 e. The fourth-order valence-corrected chi connectivity index (χ4v) is 3.64. The second kappa shape index (κ2) is 6.13. The maximum Gasteiger partial charge on any atom is 0.124 e. The molecule has 3 nitrogen and oxygen atoms in total. The first-order chi connectivity index (χ1) is 9.33. The van der Waals surface area contributed by atoms with E-state index in [1.807, 2.05) is 18.2 Å². The maximum absolute atomic E-state index is 5.47. The summed E-state index contributed by atoms with van der Waals surface area (Å²) in [5.74, 6) is 0. The highest BCUT2D eigenvalue weighted by molar-refractivity contribution is 9.10. The standard InChI is InChI=1S/C14H15BrN2OS/c15-13-4-2-1-3-12(13)14-17-11(9-19-14)7-10-8-18-6-5-16-10/h1-4,9-10,16H,5-8H2. The summed E-state index contributed by atoms with van der Waals surface area (Å²) in [4.78, 5) is 4.73. The number of nitrogens with one attached hydrogen (secondary N) is 1. The van der Waals surface area contributed by atoms with Gasteiger partial charge in [-0.25, -0.2) is 4.98 Å². The summed E-state index contributed by atoms with van der Waals surface area (Å²) in [6.07, 6.45) is 0.932.